The van der Waals surface area contributed by atoms with Crippen molar-refractivity contribution in [1.82, 2.24) is 10.9 Å². The van der Waals surface area contributed by atoms with Crippen LogP contribution in [0.3, 0.4) is 0 Å². The van der Waals surface area contributed by atoms with E-state index in [-0.39, 0.29) is 33.0 Å². The predicted molar refractivity (Wildman–Crippen MR) is 115 cm³/mol. The largest absolute Gasteiger partial charge is 0.503 e. The predicted octanol–water partition coefficient (Wildman–Crippen LogP) is 3.87. The minimum atomic E-state index is -0.702. The van der Waals surface area contributed by atoms with Crippen LogP contribution in [-0.2, 0) is 0 Å². The van der Waals surface area contributed by atoms with E-state index in [1.54, 1.807) is 13.8 Å². The van der Waals surface area contributed by atoms with E-state index in [0.29, 0.717) is 24.3 Å². The van der Waals surface area contributed by atoms with Crippen LogP contribution in [0.15, 0.2) is 34.5 Å². The van der Waals surface area contributed by atoms with Gasteiger partial charge in [-0.25, -0.2) is 15.6 Å². The molecule has 0 aliphatic heterocycles. The number of carbonyl (C=O) groups is 1. The van der Waals surface area contributed by atoms with Gasteiger partial charge in [-0.2, -0.15) is 10.2 Å². The van der Waals surface area contributed by atoms with E-state index < -0.39 is 6.03 Å². The first-order valence-corrected chi connectivity index (χ1v) is 9.54. The summed E-state index contributed by atoms with van der Waals surface area (Å²) >= 11 is 11.9. The Kier molecular flexibility index (Phi) is 8.57. The SMILES string of the molecule is CCOc1cc(C=NNC(=O)N/N=C\c2cc(Cl)c(O)c(OCC)c2)cc(Cl)c1O. The standard InChI is InChI=1S/C19H20Cl2N4O5/c1-3-29-15-7-11(5-13(20)17(15)26)9-22-24-19(28)25-23-10-12-6-14(21)18(27)16(8-12)30-4-2/h5-10,26-27H,3-4H2,1-2H3,(H2,24,25,28)/b22-9-,23-10?. The van der Waals surface area contributed by atoms with Crippen LogP contribution < -0.4 is 20.3 Å². The quantitative estimate of drug-likeness (QED) is 0.355. The highest BCUT2D eigenvalue weighted by Gasteiger charge is 2.10. The molecule has 0 saturated heterocycles. The molecule has 0 atom stereocenters. The zero-order chi connectivity index (χ0) is 22.1. The third-order valence-corrected chi connectivity index (χ3v) is 4.04. The molecule has 0 fully saturated rings. The smallest absolute Gasteiger partial charge is 0.355 e. The van der Waals surface area contributed by atoms with Crippen molar-refractivity contribution in [2.24, 2.45) is 10.2 Å². The topological polar surface area (TPSA) is 125 Å². The van der Waals surface area contributed by atoms with Crippen molar-refractivity contribution in [2.75, 3.05) is 13.2 Å². The Balaban J connectivity index is 1.95. The number of rotatable bonds is 8. The summed E-state index contributed by atoms with van der Waals surface area (Å²) in [5, 5.41) is 27.4. The maximum atomic E-state index is 11.8. The number of amides is 2. The summed E-state index contributed by atoms with van der Waals surface area (Å²) in [5.41, 5.74) is 5.46. The second-order valence-electron chi connectivity index (χ2n) is 5.63. The summed E-state index contributed by atoms with van der Waals surface area (Å²) in [7, 11) is 0. The fourth-order valence-corrected chi connectivity index (χ4v) is 2.66. The van der Waals surface area contributed by atoms with Crippen molar-refractivity contribution >= 4 is 41.7 Å². The van der Waals surface area contributed by atoms with Crippen LogP contribution in [0.25, 0.3) is 0 Å². The molecule has 160 valence electrons. The molecule has 0 aliphatic rings. The van der Waals surface area contributed by atoms with Gasteiger partial charge in [-0.05, 0) is 49.2 Å². The number of nitrogens with zero attached hydrogens (tertiary/aromatic N) is 2. The van der Waals surface area contributed by atoms with Crippen LogP contribution in [0.2, 0.25) is 10.0 Å². The molecule has 0 bridgehead atoms. The molecule has 30 heavy (non-hydrogen) atoms. The van der Waals surface area contributed by atoms with Gasteiger partial charge in [-0.15, -0.1) is 0 Å². The monoisotopic (exact) mass is 454 g/mol. The van der Waals surface area contributed by atoms with Crippen LogP contribution in [0, 0.1) is 0 Å². The van der Waals surface area contributed by atoms with Gasteiger partial charge in [0.25, 0.3) is 0 Å². The number of ether oxygens (including phenoxy) is 2. The molecular weight excluding hydrogens is 435 g/mol. The Morgan fingerprint density at radius 1 is 0.900 bits per heavy atom. The summed E-state index contributed by atoms with van der Waals surface area (Å²) in [6, 6.07) is 5.27. The number of urea groups is 1. The maximum absolute atomic E-state index is 11.8. The van der Waals surface area contributed by atoms with Crippen molar-refractivity contribution in [2.45, 2.75) is 13.8 Å². The molecule has 2 aromatic carbocycles. The Bertz CT molecular complexity index is 891. The summed E-state index contributed by atoms with van der Waals surface area (Å²) in [6.07, 6.45) is 2.65. The van der Waals surface area contributed by atoms with Gasteiger partial charge in [-0.1, -0.05) is 23.2 Å². The molecule has 0 spiro atoms. The highest BCUT2D eigenvalue weighted by molar-refractivity contribution is 6.32. The lowest BCUT2D eigenvalue weighted by Crippen LogP contribution is -2.28. The number of hydrogen-bond donors (Lipinski definition) is 4. The number of hydrogen-bond acceptors (Lipinski definition) is 7. The van der Waals surface area contributed by atoms with E-state index in [1.165, 1.54) is 36.7 Å². The van der Waals surface area contributed by atoms with Gasteiger partial charge in [0, 0.05) is 0 Å². The Morgan fingerprint density at radius 3 is 1.67 bits per heavy atom. The van der Waals surface area contributed by atoms with Gasteiger partial charge in [0.05, 0.1) is 35.7 Å². The first-order chi connectivity index (χ1) is 14.3. The number of carbonyl (C=O) groups excluding carboxylic acids is 1. The molecule has 2 rings (SSSR count). The number of halogens is 2. The van der Waals surface area contributed by atoms with E-state index >= 15 is 0 Å². The zero-order valence-electron chi connectivity index (χ0n) is 16.1. The number of benzene rings is 2. The lowest BCUT2D eigenvalue weighted by atomic mass is 10.2. The van der Waals surface area contributed by atoms with Crippen LogP contribution in [0.4, 0.5) is 4.79 Å². The molecule has 9 nitrogen and oxygen atoms in total. The zero-order valence-corrected chi connectivity index (χ0v) is 17.7. The van der Waals surface area contributed by atoms with Crippen LogP contribution in [0.5, 0.6) is 23.0 Å². The van der Waals surface area contributed by atoms with Crippen molar-refractivity contribution in [1.29, 1.82) is 0 Å². The molecule has 2 amide bonds. The lowest BCUT2D eigenvalue weighted by molar-refractivity contribution is 0.242. The van der Waals surface area contributed by atoms with Crippen molar-refractivity contribution in [3.63, 3.8) is 0 Å². The van der Waals surface area contributed by atoms with Gasteiger partial charge in [-0.3, -0.25) is 0 Å². The highest BCUT2D eigenvalue weighted by atomic mass is 35.5. The molecular formula is C19H20Cl2N4O5. The minimum Gasteiger partial charge on any atom is -0.503 e. The number of phenolic OH excluding ortho intramolecular Hbond substituents is 2. The Hall–Kier alpha value is -3.17. The van der Waals surface area contributed by atoms with Crippen molar-refractivity contribution < 1.29 is 24.5 Å². The third-order valence-electron chi connectivity index (χ3n) is 3.46. The fraction of sp³-hybridized carbons (Fsp3) is 0.211. The second-order valence-corrected chi connectivity index (χ2v) is 6.45. The molecule has 0 aromatic heterocycles. The third kappa shape index (κ3) is 6.43. The Labute approximate surface area is 182 Å². The van der Waals surface area contributed by atoms with Crippen molar-refractivity contribution in [3.05, 3.63) is 45.4 Å². The van der Waals surface area contributed by atoms with E-state index in [4.69, 9.17) is 32.7 Å². The van der Waals surface area contributed by atoms with Gasteiger partial charge in [0.15, 0.2) is 23.0 Å². The summed E-state index contributed by atoms with van der Waals surface area (Å²) < 4.78 is 10.5. The first-order valence-electron chi connectivity index (χ1n) is 8.78. The molecule has 0 saturated carbocycles. The molecule has 0 heterocycles. The molecule has 0 unspecified atom stereocenters. The number of nitrogens with one attached hydrogen (secondary N) is 2. The van der Waals surface area contributed by atoms with Gasteiger partial charge in [0.1, 0.15) is 0 Å². The highest BCUT2D eigenvalue weighted by Crippen LogP contribution is 2.35. The average Bonchev–Trinajstić information content (AvgIpc) is 2.69. The Morgan fingerprint density at radius 2 is 1.30 bits per heavy atom. The summed E-state index contributed by atoms with van der Waals surface area (Å²) in [4.78, 5) is 11.8. The normalized spacial score (nSPS) is 11.1. The molecule has 11 heteroatoms. The fourth-order valence-electron chi connectivity index (χ4n) is 2.22. The summed E-state index contributed by atoms with van der Waals surface area (Å²) in [5.74, 6) is 0.0778. The van der Waals surface area contributed by atoms with Gasteiger partial charge >= 0.3 is 6.03 Å². The van der Waals surface area contributed by atoms with E-state index in [0.717, 1.165) is 0 Å². The van der Waals surface area contributed by atoms with E-state index in [2.05, 4.69) is 21.1 Å². The van der Waals surface area contributed by atoms with E-state index in [1.807, 2.05) is 0 Å². The van der Waals surface area contributed by atoms with Crippen LogP contribution in [-0.4, -0.2) is 41.9 Å². The van der Waals surface area contributed by atoms with Crippen molar-refractivity contribution in [3.8, 4) is 23.0 Å². The molecule has 4 N–H and O–H groups in total. The van der Waals surface area contributed by atoms with Gasteiger partial charge in [0.2, 0.25) is 0 Å². The number of hydrazone groups is 2. The average molecular weight is 455 g/mol. The maximum Gasteiger partial charge on any atom is 0.355 e. The number of aromatic hydroxyl groups is 2. The lowest BCUT2D eigenvalue weighted by Gasteiger charge is -2.08. The van der Waals surface area contributed by atoms with E-state index in [9.17, 15) is 15.0 Å². The molecule has 2 aromatic rings. The van der Waals surface area contributed by atoms with Gasteiger partial charge < -0.3 is 19.7 Å². The molecule has 0 aliphatic carbocycles. The van der Waals surface area contributed by atoms with Crippen LogP contribution in [0.1, 0.15) is 25.0 Å². The minimum absolute atomic E-state index is 0.0930. The molecule has 0 radical (unpaired) electrons. The van der Waals surface area contributed by atoms with Crippen LogP contribution >= 0.6 is 23.2 Å². The number of phenols is 2. The summed E-state index contributed by atoms with van der Waals surface area (Å²) in [6.45, 7) is 4.23. The second kappa shape index (κ2) is 11.1. The first kappa shape index (κ1) is 23.1.